The molecule has 134 valence electrons. The van der Waals surface area contributed by atoms with Crippen LogP contribution in [0.2, 0.25) is 0 Å². The van der Waals surface area contributed by atoms with Crippen LogP contribution in [0, 0.1) is 0 Å². The lowest BCUT2D eigenvalue weighted by molar-refractivity contribution is -0.139. The molecular weight excluding hydrogens is 394 g/mol. The Balaban J connectivity index is 1.53. The molecule has 3 aromatic rings. The molecule has 0 saturated carbocycles. The van der Waals surface area contributed by atoms with Crippen LogP contribution in [0.25, 0.3) is 11.0 Å². The highest BCUT2D eigenvalue weighted by Gasteiger charge is 2.35. The summed E-state index contributed by atoms with van der Waals surface area (Å²) in [5.74, 6) is 1.52. The fourth-order valence-corrected chi connectivity index (χ4v) is 3.84. The zero-order valence-corrected chi connectivity index (χ0v) is 16.1. The van der Waals surface area contributed by atoms with E-state index in [0.29, 0.717) is 5.75 Å². The summed E-state index contributed by atoms with van der Waals surface area (Å²) in [7, 11) is 0. The number of aromatic nitrogens is 2. The molecule has 1 N–H and O–H groups in total. The first-order valence-electron chi connectivity index (χ1n) is 8.80. The molecule has 1 fully saturated rings. The van der Waals surface area contributed by atoms with Gasteiger partial charge in [0.05, 0.1) is 21.5 Å². The number of likely N-dealkylation sites (tertiary alicyclic amines) is 1. The number of benzene rings is 2. The van der Waals surface area contributed by atoms with Gasteiger partial charge in [0.15, 0.2) is 6.10 Å². The Morgan fingerprint density at radius 3 is 2.85 bits per heavy atom. The van der Waals surface area contributed by atoms with Gasteiger partial charge in [-0.3, -0.25) is 4.79 Å². The Labute approximate surface area is 160 Å². The number of halogens is 1. The third-order valence-electron chi connectivity index (χ3n) is 4.75. The number of nitrogens with one attached hydrogen (secondary N) is 1. The molecule has 6 heteroatoms. The molecule has 2 unspecified atom stereocenters. The zero-order chi connectivity index (χ0) is 18.1. The van der Waals surface area contributed by atoms with E-state index in [2.05, 4.69) is 25.9 Å². The van der Waals surface area contributed by atoms with Crippen molar-refractivity contribution in [3.05, 3.63) is 58.8 Å². The van der Waals surface area contributed by atoms with Crippen molar-refractivity contribution in [2.45, 2.75) is 31.9 Å². The average Bonchev–Trinajstić information content (AvgIpc) is 3.29. The SMILES string of the molecule is CC(Oc1ccccc1Br)C(=O)N1CCCC1c1nc2ccccc2[nH]1. The molecular formula is C20H20BrN3O2. The second kappa shape index (κ2) is 7.11. The number of ether oxygens (including phenoxy) is 1. The van der Waals surface area contributed by atoms with Crippen molar-refractivity contribution in [1.82, 2.24) is 14.9 Å². The van der Waals surface area contributed by atoms with Gasteiger partial charge in [0.25, 0.3) is 5.91 Å². The largest absolute Gasteiger partial charge is 0.480 e. The number of nitrogens with zero attached hydrogens (tertiary/aromatic N) is 2. The molecule has 1 aromatic heterocycles. The molecule has 2 aromatic carbocycles. The first-order valence-corrected chi connectivity index (χ1v) is 9.59. The molecule has 2 heterocycles. The lowest BCUT2D eigenvalue weighted by atomic mass is 10.2. The van der Waals surface area contributed by atoms with Gasteiger partial charge in [-0.05, 0) is 60.0 Å². The number of carbonyl (C=O) groups excluding carboxylic acids is 1. The van der Waals surface area contributed by atoms with Crippen molar-refractivity contribution in [1.29, 1.82) is 0 Å². The number of carbonyl (C=O) groups is 1. The van der Waals surface area contributed by atoms with Crippen LogP contribution in [0.3, 0.4) is 0 Å². The maximum Gasteiger partial charge on any atom is 0.263 e. The van der Waals surface area contributed by atoms with Gasteiger partial charge in [0.2, 0.25) is 0 Å². The molecule has 2 atom stereocenters. The summed E-state index contributed by atoms with van der Waals surface area (Å²) >= 11 is 3.46. The van der Waals surface area contributed by atoms with E-state index in [0.717, 1.165) is 40.7 Å². The number of rotatable bonds is 4. The summed E-state index contributed by atoms with van der Waals surface area (Å²) in [5.41, 5.74) is 1.93. The molecule has 1 saturated heterocycles. The van der Waals surface area contributed by atoms with Gasteiger partial charge in [-0.2, -0.15) is 0 Å². The Bertz CT molecular complexity index is 906. The van der Waals surface area contributed by atoms with Gasteiger partial charge in [-0.25, -0.2) is 4.98 Å². The van der Waals surface area contributed by atoms with Crippen molar-refractivity contribution >= 4 is 32.9 Å². The van der Waals surface area contributed by atoms with Crippen LogP contribution >= 0.6 is 15.9 Å². The number of aromatic amines is 1. The fourth-order valence-electron chi connectivity index (χ4n) is 3.46. The molecule has 0 aliphatic carbocycles. The lowest BCUT2D eigenvalue weighted by Crippen LogP contribution is -2.40. The Morgan fingerprint density at radius 2 is 2.04 bits per heavy atom. The topological polar surface area (TPSA) is 58.2 Å². The highest BCUT2D eigenvalue weighted by atomic mass is 79.9. The summed E-state index contributed by atoms with van der Waals surface area (Å²) in [5, 5.41) is 0. The molecule has 26 heavy (non-hydrogen) atoms. The third-order valence-corrected chi connectivity index (χ3v) is 5.40. The van der Waals surface area contributed by atoms with E-state index in [9.17, 15) is 4.79 Å². The zero-order valence-electron chi connectivity index (χ0n) is 14.5. The van der Waals surface area contributed by atoms with Crippen LogP contribution in [-0.2, 0) is 4.79 Å². The van der Waals surface area contributed by atoms with Gasteiger partial charge >= 0.3 is 0 Å². The van der Waals surface area contributed by atoms with Crippen molar-refractivity contribution in [2.24, 2.45) is 0 Å². The molecule has 5 nitrogen and oxygen atoms in total. The molecule has 1 aliphatic heterocycles. The van der Waals surface area contributed by atoms with Crippen LogP contribution in [0.1, 0.15) is 31.6 Å². The minimum Gasteiger partial charge on any atom is -0.480 e. The van der Waals surface area contributed by atoms with Crippen LogP contribution in [0.4, 0.5) is 0 Å². The maximum absolute atomic E-state index is 13.0. The minimum absolute atomic E-state index is 0.0105. The number of hydrogen-bond donors (Lipinski definition) is 1. The Hall–Kier alpha value is -2.34. The number of fused-ring (bicyclic) bond motifs is 1. The van der Waals surface area contributed by atoms with Gasteiger partial charge in [0, 0.05) is 6.54 Å². The molecule has 0 bridgehead atoms. The predicted octanol–water partition coefficient (Wildman–Crippen LogP) is 4.46. The van der Waals surface area contributed by atoms with E-state index in [1.807, 2.05) is 53.4 Å². The first kappa shape index (κ1) is 17.1. The normalized spacial score (nSPS) is 18.2. The summed E-state index contributed by atoms with van der Waals surface area (Å²) in [6, 6.07) is 15.5. The third kappa shape index (κ3) is 3.21. The smallest absolute Gasteiger partial charge is 0.263 e. The maximum atomic E-state index is 13.0. The molecule has 0 radical (unpaired) electrons. The second-order valence-electron chi connectivity index (χ2n) is 6.52. The van der Waals surface area contributed by atoms with E-state index in [4.69, 9.17) is 4.74 Å². The average molecular weight is 414 g/mol. The monoisotopic (exact) mass is 413 g/mol. The second-order valence-corrected chi connectivity index (χ2v) is 7.37. The van der Waals surface area contributed by atoms with Gasteiger partial charge < -0.3 is 14.6 Å². The minimum atomic E-state index is -0.557. The number of para-hydroxylation sites is 3. The van der Waals surface area contributed by atoms with Crippen molar-refractivity contribution < 1.29 is 9.53 Å². The first-order chi connectivity index (χ1) is 12.6. The van der Waals surface area contributed by atoms with Crippen molar-refractivity contribution in [3.63, 3.8) is 0 Å². The number of imidazole rings is 1. The van der Waals surface area contributed by atoms with Crippen LogP contribution in [0.15, 0.2) is 53.0 Å². The Morgan fingerprint density at radius 1 is 1.27 bits per heavy atom. The van der Waals surface area contributed by atoms with E-state index in [-0.39, 0.29) is 11.9 Å². The summed E-state index contributed by atoms with van der Waals surface area (Å²) in [6.07, 6.45) is 1.32. The fraction of sp³-hybridized carbons (Fsp3) is 0.300. The highest BCUT2D eigenvalue weighted by molar-refractivity contribution is 9.10. The van der Waals surface area contributed by atoms with E-state index in [1.54, 1.807) is 6.92 Å². The Kier molecular flexibility index (Phi) is 4.68. The number of amides is 1. The quantitative estimate of drug-likeness (QED) is 0.686. The highest BCUT2D eigenvalue weighted by Crippen LogP contribution is 2.33. The van der Waals surface area contributed by atoms with Gasteiger partial charge in [-0.1, -0.05) is 24.3 Å². The molecule has 4 rings (SSSR count). The molecule has 1 aliphatic rings. The van der Waals surface area contributed by atoms with Gasteiger partial charge in [0.1, 0.15) is 11.6 Å². The number of H-pyrrole nitrogens is 1. The van der Waals surface area contributed by atoms with Crippen LogP contribution in [0.5, 0.6) is 5.75 Å². The van der Waals surface area contributed by atoms with Gasteiger partial charge in [-0.15, -0.1) is 0 Å². The number of hydrogen-bond acceptors (Lipinski definition) is 3. The van der Waals surface area contributed by atoms with E-state index < -0.39 is 6.10 Å². The van der Waals surface area contributed by atoms with Crippen molar-refractivity contribution in [2.75, 3.05) is 6.54 Å². The molecule has 1 amide bonds. The molecule has 0 spiro atoms. The summed E-state index contributed by atoms with van der Waals surface area (Å²) < 4.78 is 6.74. The van der Waals surface area contributed by atoms with Crippen molar-refractivity contribution in [3.8, 4) is 5.75 Å². The van der Waals surface area contributed by atoms with E-state index >= 15 is 0 Å². The predicted molar refractivity (Wildman–Crippen MR) is 104 cm³/mol. The summed E-state index contributed by atoms with van der Waals surface area (Å²) in [6.45, 7) is 2.53. The summed E-state index contributed by atoms with van der Waals surface area (Å²) in [4.78, 5) is 22.9. The standard InChI is InChI=1S/C20H20BrN3O2/c1-13(26-18-11-5-2-7-14(18)21)20(25)24-12-6-10-17(24)19-22-15-8-3-4-9-16(15)23-19/h2-5,7-9,11,13,17H,6,10,12H2,1H3,(H,22,23). The lowest BCUT2D eigenvalue weighted by Gasteiger charge is -2.26. The van der Waals surface area contributed by atoms with Crippen LogP contribution < -0.4 is 4.74 Å². The van der Waals surface area contributed by atoms with Crippen LogP contribution in [-0.4, -0.2) is 33.4 Å². The van der Waals surface area contributed by atoms with E-state index in [1.165, 1.54) is 0 Å².